The van der Waals surface area contributed by atoms with Gasteiger partial charge in [-0.05, 0) is 43.7 Å². The molecule has 34 heavy (non-hydrogen) atoms. The molecule has 2 aromatic carbocycles. The van der Waals surface area contributed by atoms with Gasteiger partial charge in [-0.3, -0.25) is 14.7 Å². The van der Waals surface area contributed by atoms with Crippen LogP contribution in [-0.4, -0.2) is 41.0 Å². The van der Waals surface area contributed by atoms with Crippen molar-refractivity contribution in [1.29, 1.82) is 0 Å². The maximum Gasteiger partial charge on any atom is 0.340 e. The van der Waals surface area contributed by atoms with Crippen LogP contribution in [0.5, 0.6) is 0 Å². The van der Waals surface area contributed by atoms with Gasteiger partial charge in [-0.15, -0.1) is 0 Å². The summed E-state index contributed by atoms with van der Waals surface area (Å²) in [6, 6.07) is 12.3. The fourth-order valence-electron chi connectivity index (χ4n) is 4.35. The second kappa shape index (κ2) is 10.7. The normalized spacial score (nSPS) is 14.5. The Morgan fingerprint density at radius 2 is 1.88 bits per heavy atom. The molecular formula is C26H27Cl2N3O3. The molecule has 0 fully saturated rings. The van der Waals surface area contributed by atoms with Crippen LogP contribution in [0.3, 0.4) is 0 Å². The number of esters is 1. The molecule has 1 unspecified atom stereocenters. The summed E-state index contributed by atoms with van der Waals surface area (Å²) in [6.45, 7) is 6.42. The van der Waals surface area contributed by atoms with E-state index in [1.165, 1.54) is 0 Å². The highest BCUT2D eigenvalue weighted by Crippen LogP contribution is 2.29. The number of fused-ring (bicyclic) bond motifs is 2. The lowest BCUT2D eigenvalue weighted by atomic mass is 9.95. The number of amides is 1. The topological polar surface area (TPSA) is 71.5 Å². The van der Waals surface area contributed by atoms with Gasteiger partial charge in [-0.25, -0.2) is 4.79 Å². The zero-order valence-electron chi connectivity index (χ0n) is 19.2. The Labute approximate surface area is 209 Å². The summed E-state index contributed by atoms with van der Waals surface area (Å²) in [7, 11) is 0. The number of pyridine rings is 1. The molecule has 1 aromatic heterocycles. The van der Waals surface area contributed by atoms with E-state index < -0.39 is 18.0 Å². The van der Waals surface area contributed by atoms with Gasteiger partial charge in [0.15, 0.2) is 6.10 Å². The average Bonchev–Trinajstić information content (AvgIpc) is 2.80. The van der Waals surface area contributed by atoms with E-state index in [2.05, 4.69) is 17.1 Å². The standard InChI is InChI=1S/C26H27Cl2N3O3/c1-3-10-31-11-9-22-20(15-31)24(19-7-5-6-8-21(19)30-22)26(33)34-23(4-2)25(32)29-18-13-16(27)12-17(28)14-18/h5-8,12-14,23H,3-4,9-11,15H2,1-2H3,(H,29,32). The first-order valence-electron chi connectivity index (χ1n) is 11.5. The van der Waals surface area contributed by atoms with Crippen LogP contribution in [0, 0.1) is 0 Å². The molecular weight excluding hydrogens is 473 g/mol. The Bertz CT molecular complexity index is 1210. The summed E-state index contributed by atoms with van der Waals surface area (Å²) in [5, 5.41) is 4.29. The lowest BCUT2D eigenvalue weighted by Crippen LogP contribution is -2.35. The van der Waals surface area contributed by atoms with Gasteiger partial charge in [-0.1, -0.05) is 55.2 Å². The van der Waals surface area contributed by atoms with Crippen molar-refractivity contribution in [2.45, 2.75) is 45.8 Å². The number of rotatable bonds is 7. The number of halogens is 2. The van der Waals surface area contributed by atoms with Crippen molar-refractivity contribution in [3.8, 4) is 0 Å². The van der Waals surface area contributed by atoms with Crippen LogP contribution in [0.4, 0.5) is 5.69 Å². The summed E-state index contributed by atoms with van der Waals surface area (Å²) >= 11 is 12.1. The second-order valence-electron chi connectivity index (χ2n) is 8.40. The highest BCUT2D eigenvalue weighted by molar-refractivity contribution is 6.35. The number of carbonyl (C=O) groups excluding carboxylic acids is 2. The van der Waals surface area contributed by atoms with E-state index in [0.717, 1.165) is 48.1 Å². The fraction of sp³-hybridized carbons (Fsp3) is 0.346. The van der Waals surface area contributed by atoms with Gasteiger partial charge in [0, 0.05) is 51.9 Å². The van der Waals surface area contributed by atoms with Crippen LogP contribution in [0.15, 0.2) is 42.5 Å². The Balaban J connectivity index is 1.63. The summed E-state index contributed by atoms with van der Waals surface area (Å²) in [4.78, 5) is 33.6. The van der Waals surface area contributed by atoms with Crippen molar-refractivity contribution in [3.05, 3.63) is 69.3 Å². The molecule has 3 aromatic rings. The molecule has 1 N–H and O–H groups in total. The van der Waals surface area contributed by atoms with E-state index in [0.29, 0.717) is 34.3 Å². The maximum atomic E-state index is 13.5. The van der Waals surface area contributed by atoms with Crippen molar-refractivity contribution < 1.29 is 14.3 Å². The lowest BCUT2D eigenvalue weighted by Gasteiger charge is -2.30. The van der Waals surface area contributed by atoms with Crippen LogP contribution >= 0.6 is 23.2 Å². The average molecular weight is 500 g/mol. The molecule has 0 saturated heterocycles. The molecule has 0 aliphatic carbocycles. The van der Waals surface area contributed by atoms with Crippen molar-refractivity contribution >= 4 is 51.7 Å². The van der Waals surface area contributed by atoms with E-state index in [1.54, 1.807) is 25.1 Å². The highest BCUT2D eigenvalue weighted by atomic mass is 35.5. The number of nitrogens with one attached hydrogen (secondary N) is 1. The van der Waals surface area contributed by atoms with Crippen molar-refractivity contribution in [1.82, 2.24) is 9.88 Å². The molecule has 0 spiro atoms. The van der Waals surface area contributed by atoms with Gasteiger partial charge < -0.3 is 10.1 Å². The van der Waals surface area contributed by atoms with Crippen LogP contribution < -0.4 is 5.32 Å². The fourth-order valence-corrected chi connectivity index (χ4v) is 4.87. The zero-order valence-corrected chi connectivity index (χ0v) is 20.7. The number of anilines is 1. The van der Waals surface area contributed by atoms with Crippen LogP contribution in [-0.2, 0) is 22.5 Å². The molecule has 1 amide bonds. The van der Waals surface area contributed by atoms with Crippen LogP contribution in [0.2, 0.25) is 10.0 Å². The van der Waals surface area contributed by atoms with E-state index in [1.807, 2.05) is 24.3 Å². The summed E-state index contributed by atoms with van der Waals surface area (Å²) in [6.07, 6.45) is 1.15. The minimum atomic E-state index is -0.969. The van der Waals surface area contributed by atoms with E-state index >= 15 is 0 Å². The number of carbonyl (C=O) groups is 2. The third-order valence-electron chi connectivity index (χ3n) is 5.91. The second-order valence-corrected chi connectivity index (χ2v) is 9.28. The lowest BCUT2D eigenvalue weighted by molar-refractivity contribution is -0.124. The molecule has 0 bridgehead atoms. The quantitative estimate of drug-likeness (QED) is 0.410. The summed E-state index contributed by atoms with van der Waals surface area (Å²) in [5.41, 5.74) is 3.50. The number of nitrogens with zero attached hydrogens (tertiary/aromatic N) is 2. The predicted octanol–water partition coefficient (Wildman–Crippen LogP) is 5.88. The van der Waals surface area contributed by atoms with E-state index in [9.17, 15) is 9.59 Å². The molecule has 2 heterocycles. The third kappa shape index (κ3) is 5.35. The Kier molecular flexibility index (Phi) is 7.71. The SMILES string of the molecule is CCCN1CCc2nc3ccccc3c(C(=O)OC(CC)C(=O)Nc3cc(Cl)cc(Cl)c3)c2C1. The molecule has 1 aliphatic heterocycles. The van der Waals surface area contributed by atoms with Crippen LogP contribution in [0.1, 0.15) is 48.3 Å². The molecule has 1 aliphatic rings. The summed E-state index contributed by atoms with van der Waals surface area (Å²) in [5.74, 6) is -0.951. The number of hydrogen-bond donors (Lipinski definition) is 1. The highest BCUT2D eigenvalue weighted by Gasteiger charge is 2.29. The minimum absolute atomic E-state index is 0.318. The van der Waals surface area contributed by atoms with Gasteiger partial charge in [0.25, 0.3) is 5.91 Å². The van der Waals surface area contributed by atoms with Crippen molar-refractivity contribution in [2.24, 2.45) is 0 Å². The first-order chi connectivity index (χ1) is 16.4. The Morgan fingerprint density at radius 3 is 2.59 bits per heavy atom. The number of benzene rings is 2. The molecule has 0 radical (unpaired) electrons. The number of para-hydroxylation sites is 1. The summed E-state index contributed by atoms with van der Waals surface area (Å²) < 4.78 is 5.79. The Morgan fingerprint density at radius 1 is 1.15 bits per heavy atom. The molecule has 4 rings (SSSR count). The van der Waals surface area contributed by atoms with Gasteiger partial charge in [0.2, 0.25) is 0 Å². The van der Waals surface area contributed by atoms with Crippen LogP contribution in [0.25, 0.3) is 10.9 Å². The Hall–Kier alpha value is -2.67. The largest absolute Gasteiger partial charge is 0.449 e. The number of hydrogen-bond acceptors (Lipinski definition) is 5. The van der Waals surface area contributed by atoms with Gasteiger partial charge in [0.05, 0.1) is 11.1 Å². The predicted molar refractivity (Wildman–Crippen MR) is 136 cm³/mol. The molecule has 8 heteroatoms. The molecule has 178 valence electrons. The smallest absolute Gasteiger partial charge is 0.340 e. The van der Waals surface area contributed by atoms with Gasteiger partial charge in [0.1, 0.15) is 0 Å². The van der Waals surface area contributed by atoms with Gasteiger partial charge in [-0.2, -0.15) is 0 Å². The molecule has 6 nitrogen and oxygen atoms in total. The van der Waals surface area contributed by atoms with Crippen molar-refractivity contribution in [3.63, 3.8) is 0 Å². The first kappa shape index (κ1) is 24.5. The maximum absolute atomic E-state index is 13.5. The number of ether oxygens (including phenoxy) is 1. The van der Waals surface area contributed by atoms with E-state index in [4.69, 9.17) is 32.9 Å². The molecule has 0 saturated carbocycles. The third-order valence-corrected chi connectivity index (χ3v) is 6.35. The first-order valence-corrected chi connectivity index (χ1v) is 12.3. The monoisotopic (exact) mass is 499 g/mol. The van der Waals surface area contributed by atoms with Crippen molar-refractivity contribution in [2.75, 3.05) is 18.4 Å². The zero-order chi connectivity index (χ0) is 24.2. The van der Waals surface area contributed by atoms with Gasteiger partial charge >= 0.3 is 5.97 Å². The van der Waals surface area contributed by atoms with E-state index in [-0.39, 0.29) is 0 Å². The number of aromatic nitrogens is 1. The minimum Gasteiger partial charge on any atom is -0.449 e. The molecule has 1 atom stereocenters.